The molecule has 0 unspecified atom stereocenters. The fourth-order valence-corrected chi connectivity index (χ4v) is 2.53. The van der Waals surface area contributed by atoms with Crippen LogP contribution in [0.5, 0.6) is 0 Å². The number of anilines is 2. The van der Waals surface area contributed by atoms with E-state index >= 15 is 0 Å². The van der Waals surface area contributed by atoms with Crippen molar-refractivity contribution in [1.29, 1.82) is 0 Å². The molecule has 6 nitrogen and oxygen atoms in total. The number of nitro groups is 1. The van der Waals surface area contributed by atoms with Crippen LogP contribution in [0.1, 0.15) is 23.0 Å². The van der Waals surface area contributed by atoms with E-state index in [1.807, 2.05) is 0 Å². The molecular formula is C12H11N3O3S. The zero-order valence-corrected chi connectivity index (χ0v) is 11.2. The summed E-state index contributed by atoms with van der Waals surface area (Å²) in [5.74, 6) is -0.0596. The van der Waals surface area contributed by atoms with E-state index in [-0.39, 0.29) is 11.5 Å². The molecule has 2 rings (SSSR count). The first-order chi connectivity index (χ1) is 8.99. The van der Waals surface area contributed by atoms with Crippen molar-refractivity contribution in [3.63, 3.8) is 0 Å². The summed E-state index contributed by atoms with van der Waals surface area (Å²) in [6.45, 7) is 3.26. The molecule has 0 fully saturated rings. The van der Waals surface area contributed by atoms with Crippen LogP contribution in [0.2, 0.25) is 0 Å². The standard InChI is InChI=1S/C12H11N3O3S/c1-7-11(8(2)16)12(19-14-7)13-9-3-5-10(6-4-9)15(17)18/h3-6,13H,1-2H3. The molecule has 1 aromatic heterocycles. The summed E-state index contributed by atoms with van der Waals surface area (Å²) in [7, 11) is 0. The number of carbonyl (C=O) groups excluding carboxylic acids is 1. The largest absolute Gasteiger partial charge is 0.345 e. The van der Waals surface area contributed by atoms with Crippen molar-refractivity contribution in [1.82, 2.24) is 4.37 Å². The topological polar surface area (TPSA) is 85.1 Å². The van der Waals surface area contributed by atoms with Gasteiger partial charge in [0.2, 0.25) is 0 Å². The van der Waals surface area contributed by atoms with E-state index in [1.54, 1.807) is 19.1 Å². The lowest BCUT2D eigenvalue weighted by atomic mass is 10.2. The molecule has 0 aliphatic heterocycles. The lowest BCUT2D eigenvalue weighted by Crippen LogP contribution is -1.98. The minimum Gasteiger partial charge on any atom is -0.345 e. The molecule has 0 aliphatic carbocycles. The minimum absolute atomic E-state index is 0.0258. The quantitative estimate of drug-likeness (QED) is 0.526. The van der Waals surface area contributed by atoms with Gasteiger partial charge in [0, 0.05) is 17.8 Å². The highest BCUT2D eigenvalue weighted by Gasteiger charge is 2.15. The molecule has 0 saturated heterocycles. The molecule has 1 heterocycles. The van der Waals surface area contributed by atoms with E-state index in [2.05, 4.69) is 9.69 Å². The Bertz CT molecular complexity index is 634. The van der Waals surface area contributed by atoms with Gasteiger partial charge in [-0.15, -0.1) is 0 Å². The van der Waals surface area contributed by atoms with Crippen molar-refractivity contribution in [2.45, 2.75) is 13.8 Å². The summed E-state index contributed by atoms with van der Waals surface area (Å²) < 4.78 is 4.13. The predicted molar refractivity (Wildman–Crippen MR) is 73.2 cm³/mol. The van der Waals surface area contributed by atoms with E-state index in [9.17, 15) is 14.9 Å². The number of carbonyl (C=O) groups is 1. The zero-order chi connectivity index (χ0) is 14.0. The Morgan fingerprint density at radius 2 is 2.00 bits per heavy atom. The monoisotopic (exact) mass is 277 g/mol. The Kier molecular flexibility index (Phi) is 3.57. The van der Waals surface area contributed by atoms with Crippen LogP contribution in [0.15, 0.2) is 24.3 Å². The third-order valence-corrected chi connectivity index (χ3v) is 3.40. The van der Waals surface area contributed by atoms with Crippen molar-refractivity contribution in [3.8, 4) is 0 Å². The number of nitro benzene ring substituents is 1. The molecule has 1 aromatic carbocycles. The van der Waals surface area contributed by atoms with Gasteiger partial charge in [-0.3, -0.25) is 14.9 Å². The van der Waals surface area contributed by atoms with Crippen LogP contribution < -0.4 is 5.32 Å². The Labute approximate surface area is 113 Å². The SMILES string of the molecule is CC(=O)c1c(C)nsc1Nc1ccc([N+](=O)[O-])cc1. The van der Waals surface area contributed by atoms with Gasteiger partial charge in [-0.2, -0.15) is 4.37 Å². The summed E-state index contributed by atoms with van der Waals surface area (Å²) in [4.78, 5) is 21.6. The number of Topliss-reactive ketones (excluding diaryl/α,β-unsaturated/α-hetero) is 1. The van der Waals surface area contributed by atoms with Crippen molar-refractivity contribution in [3.05, 3.63) is 45.6 Å². The number of non-ortho nitro benzene ring substituents is 1. The zero-order valence-electron chi connectivity index (χ0n) is 10.3. The van der Waals surface area contributed by atoms with Gasteiger partial charge < -0.3 is 5.32 Å². The maximum atomic E-state index is 11.5. The highest BCUT2D eigenvalue weighted by atomic mass is 32.1. The van der Waals surface area contributed by atoms with Crippen molar-refractivity contribution < 1.29 is 9.72 Å². The number of aromatic nitrogens is 1. The van der Waals surface area contributed by atoms with E-state index < -0.39 is 4.92 Å². The number of aryl methyl sites for hydroxylation is 1. The molecule has 0 aliphatic rings. The van der Waals surface area contributed by atoms with Gasteiger partial charge in [0.1, 0.15) is 5.00 Å². The predicted octanol–water partition coefficient (Wildman–Crippen LogP) is 3.31. The number of rotatable bonds is 4. The minimum atomic E-state index is -0.457. The Balaban J connectivity index is 2.26. The molecule has 98 valence electrons. The third kappa shape index (κ3) is 2.76. The molecule has 0 radical (unpaired) electrons. The molecule has 0 atom stereocenters. The smallest absolute Gasteiger partial charge is 0.269 e. The van der Waals surface area contributed by atoms with Gasteiger partial charge in [-0.25, -0.2) is 0 Å². The molecule has 0 spiro atoms. The molecular weight excluding hydrogens is 266 g/mol. The van der Waals surface area contributed by atoms with E-state index in [1.165, 1.54) is 30.6 Å². The van der Waals surface area contributed by atoms with Crippen LogP contribution >= 0.6 is 11.5 Å². The maximum absolute atomic E-state index is 11.5. The summed E-state index contributed by atoms with van der Waals surface area (Å²) in [5.41, 5.74) is 1.94. The first-order valence-electron chi connectivity index (χ1n) is 5.47. The van der Waals surface area contributed by atoms with Crippen LogP contribution in [-0.4, -0.2) is 15.1 Å². The fourth-order valence-electron chi connectivity index (χ4n) is 1.67. The molecule has 19 heavy (non-hydrogen) atoms. The molecule has 1 N–H and O–H groups in total. The summed E-state index contributed by atoms with van der Waals surface area (Å²) >= 11 is 1.19. The van der Waals surface area contributed by atoms with Crippen LogP contribution in [0, 0.1) is 17.0 Å². The van der Waals surface area contributed by atoms with E-state index in [4.69, 9.17) is 0 Å². The van der Waals surface area contributed by atoms with Crippen LogP contribution in [-0.2, 0) is 0 Å². The van der Waals surface area contributed by atoms with Crippen molar-refractivity contribution in [2.24, 2.45) is 0 Å². The van der Waals surface area contributed by atoms with Crippen LogP contribution in [0.4, 0.5) is 16.4 Å². The number of benzene rings is 1. The molecule has 0 saturated carbocycles. The number of hydrogen-bond donors (Lipinski definition) is 1. The van der Waals surface area contributed by atoms with Gasteiger partial charge in [0.15, 0.2) is 5.78 Å². The Morgan fingerprint density at radius 1 is 1.37 bits per heavy atom. The Hall–Kier alpha value is -2.28. The second-order valence-corrected chi connectivity index (χ2v) is 4.73. The molecule has 7 heteroatoms. The Morgan fingerprint density at radius 3 is 2.53 bits per heavy atom. The number of nitrogens with one attached hydrogen (secondary N) is 1. The van der Waals surface area contributed by atoms with Crippen LogP contribution in [0.25, 0.3) is 0 Å². The average molecular weight is 277 g/mol. The summed E-state index contributed by atoms with van der Waals surface area (Å²) in [6.07, 6.45) is 0. The van der Waals surface area contributed by atoms with Gasteiger partial charge >= 0.3 is 0 Å². The lowest BCUT2D eigenvalue weighted by molar-refractivity contribution is -0.384. The first-order valence-corrected chi connectivity index (χ1v) is 6.25. The second kappa shape index (κ2) is 5.15. The van der Waals surface area contributed by atoms with Gasteiger partial charge in [-0.05, 0) is 37.5 Å². The fraction of sp³-hybridized carbons (Fsp3) is 0.167. The molecule has 0 bridgehead atoms. The molecule has 0 amide bonds. The lowest BCUT2D eigenvalue weighted by Gasteiger charge is -2.04. The van der Waals surface area contributed by atoms with Gasteiger partial charge in [0.25, 0.3) is 5.69 Å². The normalized spacial score (nSPS) is 10.2. The first kappa shape index (κ1) is 13.2. The van der Waals surface area contributed by atoms with Gasteiger partial charge in [-0.1, -0.05) is 0 Å². The number of hydrogen-bond acceptors (Lipinski definition) is 6. The molecule has 2 aromatic rings. The second-order valence-electron chi connectivity index (χ2n) is 3.96. The average Bonchev–Trinajstić information content (AvgIpc) is 2.71. The maximum Gasteiger partial charge on any atom is 0.269 e. The van der Waals surface area contributed by atoms with Crippen molar-refractivity contribution in [2.75, 3.05) is 5.32 Å². The van der Waals surface area contributed by atoms with E-state index in [0.717, 1.165) is 0 Å². The highest BCUT2D eigenvalue weighted by molar-refractivity contribution is 7.10. The number of nitrogens with zero attached hydrogens (tertiary/aromatic N) is 2. The third-order valence-electron chi connectivity index (χ3n) is 2.55. The summed E-state index contributed by atoms with van der Waals surface area (Å²) in [5, 5.41) is 14.3. The van der Waals surface area contributed by atoms with Gasteiger partial charge in [0.05, 0.1) is 16.2 Å². The van der Waals surface area contributed by atoms with E-state index in [0.29, 0.717) is 21.9 Å². The van der Waals surface area contributed by atoms with Crippen LogP contribution in [0.3, 0.4) is 0 Å². The summed E-state index contributed by atoms with van der Waals surface area (Å²) in [6, 6.07) is 6.00. The van der Waals surface area contributed by atoms with Crippen molar-refractivity contribution >= 4 is 33.7 Å². The number of ketones is 1. The highest BCUT2D eigenvalue weighted by Crippen LogP contribution is 2.29.